The first kappa shape index (κ1) is 15.7. The van der Waals surface area contributed by atoms with Gasteiger partial charge in [-0.05, 0) is 48.9 Å². The summed E-state index contributed by atoms with van der Waals surface area (Å²) in [6.07, 6.45) is 2.34. The van der Waals surface area contributed by atoms with Crippen LogP contribution < -0.4 is 4.90 Å². The number of halogens is 2. The average molecular weight is 315 g/mol. The number of hydrogen-bond acceptors (Lipinski definition) is 1. The molecule has 1 atom stereocenters. The predicted octanol–water partition coefficient (Wildman–Crippen LogP) is 4.44. The van der Waals surface area contributed by atoms with Crippen molar-refractivity contribution < 1.29 is 13.6 Å². The van der Waals surface area contributed by atoms with E-state index in [-0.39, 0.29) is 11.8 Å². The van der Waals surface area contributed by atoms with Gasteiger partial charge in [0, 0.05) is 24.7 Å². The molecule has 0 heterocycles. The molecule has 0 fully saturated rings. The summed E-state index contributed by atoms with van der Waals surface area (Å²) in [5.41, 5.74) is 2.95. The monoisotopic (exact) mass is 315 g/mol. The highest BCUT2D eigenvalue weighted by Crippen LogP contribution is 2.36. The van der Waals surface area contributed by atoms with Crippen molar-refractivity contribution >= 4 is 11.6 Å². The van der Waals surface area contributed by atoms with Gasteiger partial charge in [0.05, 0.1) is 0 Å². The Bertz CT molecular complexity index is 729. The minimum Gasteiger partial charge on any atom is -0.313 e. The van der Waals surface area contributed by atoms with Gasteiger partial charge in [-0.25, -0.2) is 8.78 Å². The van der Waals surface area contributed by atoms with Crippen molar-refractivity contribution in [3.05, 3.63) is 65.2 Å². The zero-order valence-corrected chi connectivity index (χ0v) is 13.1. The molecule has 0 saturated carbocycles. The van der Waals surface area contributed by atoms with Crippen molar-refractivity contribution in [2.75, 3.05) is 11.4 Å². The number of carbonyl (C=O) groups is 1. The summed E-state index contributed by atoms with van der Waals surface area (Å²) in [6.45, 7) is 2.26. The highest BCUT2D eigenvalue weighted by Gasteiger charge is 2.26. The van der Waals surface area contributed by atoms with Crippen LogP contribution in [0.2, 0.25) is 0 Å². The maximum atomic E-state index is 13.4. The molecule has 0 radical (unpaired) electrons. The van der Waals surface area contributed by atoms with E-state index in [1.807, 2.05) is 19.1 Å². The summed E-state index contributed by atoms with van der Waals surface area (Å²) in [5.74, 6) is -1.68. The Morgan fingerprint density at radius 1 is 1.17 bits per heavy atom. The Hall–Kier alpha value is -2.23. The number of aryl methyl sites for hydroxylation is 1. The molecule has 23 heavy (non-hydrogen) atoms. The minimum atomic E-state index is -0.931. The molecule has 0 bridgehead atoms. The van der Waals surface area contributed by atoms with Gasteiger partial charge in [-0.3, -0.25) is 4.79 Å². The highest BCUT2D eigenvalue weighted by molar-refractivity contribution is 5.93. The summed E-state index contributed by atoms with van der Waals surface area (Å²) < 4.78 is 26.5. The second-order valence-electron chi connectivity index (χ2n) is 5.87. The molecule has 1 aliphatic rings. The molecular formula is C19H19F2NO. The van der Waals surface area contributed by atoms with Gasteiger partial charge >= 0.3 is 0 Å². The van der Waals surface area contributed by atoms with E-state index in [0.717, 1.165) is 25.0 Å². The normalized spacial score (nSPS) is 16.2. The fourth-order valence-corrected chi connectivity index (χ4v) is 3.33. The van der Waals surface area contributed by atoms with Crippen LogP contribution in [0.25, 0.3) is 0 Å². The molecule has 0 aliphatic heterocycles. The van der Waals surface area contributed by atoms with Crippen LogP contribution in [0.15, 0.2) is 42.5 Å². The van der Waals surface area contributed by atoms with Gasteiger partial charge in [0.1, 0.15) is 0 Å². The van der Waals surface area contributed by atoms with Crippen LogP contribution in [0.3, 0.4) is 0 Å². The Kier molecular flexibility index (Phi) is 4.42. The smallest absolute Gasteiger partial charge is 0.227 e. The van der Waals surface area contributed by atoms with Gasteiger partial charge in [-0.15, -0.1) is 0 Å². The Balaban J connectivity index is 1.77. The third-order valence-electron chi connectivity index (χ3n) is 4.51. The molecule has 0 saturated heterocycles. The first-order chi connectivity index (χ1) is 11.1. The lowest BCUT2D eigenvalue weighted by Crippen LogP contribution is -2.31. The zero-order chi connectivity index (χ0) is 16.4. The third-order valence-corrected chi connectivity index (χ3v) is 4.51. The minimum absolute atomic E-state index is 0.0554. The van der Waals surface area contributed by atoms with Crippen molar-refractivity contribution in [3.8, 4) is 0 Å². The number of nitrogens with zero attached hydrogens (tertiary/aromatic N) is 1. The van der Waals surface area contributed by atoms with E-state index in [4.69, 9.17) is 0 Å². The lowest BCUT2D eigenvalue weighted by atomic mass is 9.97. The van der Waals surface area contributed by atoms with Crippen LogP contribution in [-0.2, 0) is 11.2 Å². The Morgan fingerprint density at radius 3 is 2.70 bits per heavy atom. The number of benzene rings is 2. The summed E-state index contributed by atoms with van der Waals surface area (Å²) in [6, 6.07) is 11.8. The van der Waals surface area contributed by atoms with Crippen molar-refractivity contribution in [1.29, 1.82) is 0 Å². The molecule has 2 aromatic carbocycles. The van der Waals surface area contributed by atoms with E-state index in [1.165, 1.54) is 22.1 Å². The molecular weight excluding hydrogens is 296 g/mol. The van der Waals surface area contributed by atoms with Crippen molar-refractivity contribution in [2.45, 2.75) is 32.1 Å². The van der Waals surface area contributed by atoms with E-state index in [2.05, 4.69) is 12.1 Å². The van der Waals surface area contributed by atoms with Crippen LogP contribution in [-0.4, -0.2) is 12.5 Å². The largest absolute Gasteiger partial charge is 0.313 e. The van der Waals surface area contributed by atoms with E-state index in [9.17, 15) is 13.6 Å². The second kappa shape index (κ2) is 6.49. The molecule has 4 heteroatoms. The molecule has 2 aromatic rings. The maximum Gasteiger partial charge on any atom is 0.227 e. The molecule has 1 unspecified atom stereocenters. The first-order valence-electron chi connectivity index (χ1n) is 7.93. The lowest BCUT2D eigenvalue weighted by Gasteiger charge is -2.23. The van der Waals surface area contributed by atoms with Crippen LogP contribution in [0.4, 0.5) is 14.5 Å². The van der Waals surface area contributed by atoms with Gasteiger partial charge < -0.3 is 4.90 Å². The molecule has 1 aliphatic carbocycles. The predicted molar refractivity (Wildman–Crippen MR) is 86.5 cm³/mol. The number of rotatable bonds is 4. The van der Waals surface area contributed by atoms with Crippen LogP contribution in [0.5, 0.6) is 0 Å². The quantitative estimate of drug-likeness (QED) is 0.817. The topological polar surface area (TPSA) is 20.3 Å². The Morgan fingerprint density at radius 2 is 1.96 bits per heavy atom. The number of anilines is 1. The van der Waals surface area contributed by atoms with Crippen LogP contribution >= 0.6 is 0 Å². The van der Waals surface area contributed by atoms with Crippen molar-refractivity contribution in [3.63, 3.8) is 0 Å². The summed E-state index contributed by atoms with van der Waals surface area (Å²) in [7, 11) is 0. The molecule has 120 valence electrons. The van der Waals surface area contributed by atoms with E-state index < -0.39 is 11.6 Å². The van der Waals surface area contributed by atoms with Crippen molar-refractivity contribution in [2.24, 2.45) is 0 Å². The fraction of sp³-hybridized carbons (Fsp3) is 0.316. The van der Waals surface area contributed by atoms with Gasteiger partial charge in [0.15, 0.2) is 11.6 Å². The lowest BCUT2D eigenvalue weighted by molar-refractivity contribution is -0.118. The van der Waals surface area contributed by atoms with Crippen LogP contribution in [0.1, 0.15) is 36.8 Å². The van der Waals surface area contributed by atoms with Gasteiger partial charge in [-0.1, -0.05) is 24.3 Å². The molecule has 2 nitrogen and oxygen atoms in total. The van der Waals surface area contributed by atoms with Gasteiger partial charge in [0.2, 0.25) is 5.91 Å². The highest BCUT2D eigenvalue weighted by atomic mass is 19.2. The Labute approximate surface area is 134 Å². The SMILES string of the molecule is CCN(C(=O)CC1CCc2ccccc21)c1ccc(F)c(F)c1. The number of fused-ring (bicyclic) bond motifs is 1. The second-order valence-corrected chi connectivity index (χ2v) is 5.87. The summed E-state index contributed by atoms with van der Waals surface area (Å²) >= 11 is 0. The average Bonchev–Trinajstić information content (AvgIpc) is 2.95. The van der Waals surface area contributed by atoms with Gasteiger partial charge in [-0.2, -0.15) is 0 Å². The molecule has 0 N–H and O–H groups in total. The molecule has 1 amide bonds. The van der Waals surface area contributed by atoms with Gasteiger partial charge in [0.25, 0.3) is 0 Å². The zero-order valence-electron chi connectivity index (χ0n) is 13.1. The van der Waals surface area contributed by atoms with Crippen LogP contribution in [0, 0.1) is 11.6 Å². The fourth-order valence-electron chi connectivity index (χ4n) is 3.33. The first-order valence-corrected chi connectivity index (χ1v) is 7.93. The summed E-state index contributed by atoms with van der Waals surface area (Å²) in [4.78, 5) is 14.2. The standard InChI is InChI=1S/C19H19F2NO/c1-2-22(15-9-10-17(20)18(21)12-15)19(23)11-14-8-7-13-5-3-4-6-16(13)14/h3-6,9-10,12,14H,2,7-8,11H2,1H3. The maximum absolute atomic E-state index is 13.4. The molecule has 3 rings (SSSR count). The number of hydrogen-bond donors (Lipinski definition) is 0. The van der Waals surface area contributed by atoms with Crippen molar-refractivity contribution in [1.82, 2.24) is 0 Å². The van der Waals surface area contributed by atoms with E-state index in [0.29, 0.717) is 18.7 Å². The number of amides is 1. The van der Waals surface area contributed by atoms with E-state index in [1.54, 1.807) is 0 Å². The molecule has 0 aromatic heterocycles. The van der Waals surface area contributed by atoms with E-state index >= 15 is 0 Å². The third kappa shape index (κ3) is 3.11. The summed E-state index contributed by atoms with van der Waals surface area (Å²) in [5, 5.41) is 0. The number of carbonyl (C=O) groups excluding carboxylic acids is 1. The molecule has 0 spiro atoms.